The van der Waals surface area contributed by atoms with Crippen molar-refractivity contribution >= 4 is 0 Å². The summed E-state index contributed by atoms with van der Waals surface area (Å²) in [7, 11) is 2.18. The number of likely N-dealkylation sites (N-methyl/N-ethyl adjacent to an activating group) is 1. The molecule has 1 aliphatic rings. The van der Waals surface area contributed by atoms with Crippen LogP contribution in [-0.4, -0.2) is 29.6 Å². The van der Waals surface area contributed by atoms with Crippen molar-refractivity contribution in [3.05, 3.63) is 35.9 Å². The first-order valence-electron chi connectivity index (χ1n) is 8.15. The fraction of sp³-hybridized carbons (Fsp3) is 0.667. The van der Waals surface area contributed by atoms with E-state index in [0.717, 1.165) is 24.4 Å². The Morgan fingerprint density at radius 1 is 1.15 bits per heavy atom. The maximum absolute atomic E-state index is 10.6. The number of aliphatic hydroxyl groups is 1. The molecule has 0 radical (unpaired) electrons. The molecule has 2 nitrogen and oxygen atoms in total. The zero-order valence-corrected chi connectivity index (χ0v) is 13.0. The third-order valence-electron chi connectivity index (χ3n) is 4.76. The number of benzene rings is 1. The van der Waals surface area contributed by atoms with Crippen LogP contribution < -0.4 is 0 Å². The van der Waals surface area contributed by atoms with Crippen LogP contribution in [0.3, 0.4) is 0 Å². The summed E-state index contributed by atoms with van der Waals surface area (Å²) in [4.78, 5) is 2.38. The Balaban J connectivity index is 1.95. The van der Waals surface area contributed by atoms with Gasteiger partial charge in [-0.2, -0.15) is 0 Å². The maximum Gasteiger partial charge on any atom is 0.0944 e. The Labute approximate surface area is 123 Å². The molecule has 0 heterocycles. The van der Waals surface area contributed by atoms with Crippen molar-refractivity contribution in [1.29, 1.82) is 0 Å². The summed E-state index contributed by atoms with van der Waals surface area (Å²) < 4.78 is 0. The van der Waals surface area contributed by atoms with Crippen LogP contribution in [-0.2, 0) is 0 Å². The fourth-order valence-corrected chi connectivity index (χ4v) is 3.56. The molecule has 0 aliphatic heterocycles. The lowest BCUT2D eigenvalue weighted by atomic mass is 9.88. The topological polar surface area (TPSA) is 23.5 Å². The third-order valence-corrected chi connectivity index (χ3v) is 4.76. The Hall–Kier alpha value is -0.860. The van der Waals surface area contributed by atoms with E-state index in [4.69, 9.17) is 0 Å². The van der Waals surface area contributed by atoms with E-state index in [2.05, 4.69) is 18.9 Å². The van der Waals surface area contributed by atoms with Crippen LogP contribution >= 0.6 is 0 Å². The van der Waals surface area contributed by atoms with Gasteiger partial charge in [-0.25, -0.2) is 0 Å². The SMILES string of the molecule is CCC(C(O)c1ccccc1)N(C)CC1CCCCC1. The van der Waals surface area contributed by atoms with Crippen molar-refractivity contribution in [1.82, 2.24) is 4.90 Å². The second-order valence-corrected chi connectivity index (χ2v) is 6.27. The fourth-order valence-electron chi connectivity index (χ4n) is 3.56. The van der Waals surface area contributed by atoms with E-state index in [1.165, 1.54) is 32.1 Å². The van der Waals surface area contributed by atoms with E-state index >= 15 is 0 Å². The highest BCUT2D eigenvalue weighted by molar-refractivity contribution is 5.18. The summed E-state index contributed by atoms with van der Waals surface area (Å²) in [5.41, 5.74) is 1.04. The molecule has 0 amide bonds. The van der Waals surface area contributed by atoms with Gasteiger partial charge in [0.2, 0.25) is 0 Å². The van der Waals surface area contributed by atoms with Gasteiger partial charge in [-0.1, -0.05) is 56.5 Å². The Morgan fingerprint density at radius 2 is 1.80 bits per heavy atom. The standard InChI is InChI=1S/C18H29NO/c1-3-17(18(20)16-12-8-5-9-13-16)19(2)14-15-10-6-4-7-11-15/h5,8-9,12-13,15,17-18,20H,3-4,6-7,10-11,14H2,1-2H3. The minimum Gasteiger partial charge on any atom is -0.387 e. The summed E-state index contributed by atoms with van der Waals surface area (Å²) in [5, 5.41) is 10.6. The summed E-state index contributed by atoms with van der Waals surface area (Å²) >= 11 is 0. The van der Waals surface area contributed by atoms with Crippen LogP contribution in [0.15, 0.2) is 30.3 Å². The number of hydrogen-bond acceptors (Lipinski definition) is 2. The molecule has 2 atom stereocenters. The molecule has 1 N–H and O–H groups in total. The van der Waals surface area contributed by atoms with Crippen molar-refractivity contribution in [2.24, 2.45) is 5.92 Å². The molecule has 0 saturated heterocycles. The molecule has 2 rings (SSSR count). The lowest BCUT2D eigenvalue weighted by molar-refractivity contribution is 0.0485. The van der Waals surface area contributed by atoms with Crippen LogP contribution in [0, 0.1) is 5.92 Å². The quantitative estimate of drug-likeness (QED) is 0.848. The predicted octanol–water partition coefficient (Wildman–Crippen LogP) is 4.01. The molecule has 2 unspecified atom stereocenters. The van der Waals surface area contributed by atoms with Crippen LogP contribution in [0.1, 0.15) is 57.1 Å². The van der Waals surface area contributed by atoms with Crippen molar-refractivity contribution in [2.75, 3.05) is 13.6 Å². The van der Waals surface area contributed by atoms with Crippen molar-refractivity contribution < 1.29 is 5.11 Å². The average molecular weight is 275 g/mol. The number of aliphatic hydroxyl groups excluding tert-OH is 1. The number of rotatable bonds is 6. The zero-order valence-electron chi connectivity index (χ0n) is 13.0. The molecule has 1 saturated carbocycles. The van der Waals surface area contributed by atoms with Gasteiger partial charge in [0.25, 0.3) is 0 Å². The molecule has 2 heteroatoms. The molecular weight excluding hydrogens is 246 g/mol. The number of nitrogens with zero attached hydrogens (tertiary/aromatic N) is 1. The van der Waals surface area contributed by atoms with Gasteiger partial charge in [-0.3, -0.25) is 0 Å². The van der Waals surface area contributed by atoms with Gasteiger partial charge < -0.3 is 10.0 Å². The maximum atomic E-state index is 10.6. The van der Waals surface area contributed by atoms with Crippen LogP contribution in [0.5, 0.6) is 0 Å². The van der Waals surface area contributed by atoms with Crippen molar-refractivity contribution in [3.63, 3.8) is 0 Å². The second kappa shape index (κ2) is 7.80. The van der Waals surface area contributed by atoms with Crippen molar-refractivity contribution in [3.8, 4) is 0 Å². The van der Waals surface area contributed by atoms with Gasteiger partial charge in [-0.15, -0.1) is 0 Å². The van der Waals surface area contributed by atoms with E-state index in [1.54, 1.807) is 0 Å². The zero-order chi connectivity index (χ0) is 14.4. The molecule has 1 aliphatic carbocycles. The highest BCUT2D eigenvalue weighted by Crippen LogP contribution is 2.27. The molecule has 1 aromatic rings. The predicted molar refractivity (Wildman–Crippen MR) is 84.7 cm³/mol. The molecule has 0 bridgehead atoms. The van der Waals surface area contributed by atoms with Crippen LogP contribution in [0.4, 0.5) is 0 Å². The normalized spacial score (nSPS) is 20.0. The summed E-state index contributed by atoms with van der Waals surface area (Å²) in [5.74, 6) is 0.825. The first kappa shape index (κ1) is 15.5. The van der Waals surface area contributed by atoms with E-state index < -0.39 is 0 Å². The second-order valence-electron chi connectivity index (χ2n) is 6.27. The highest BCUT2D eigenvalue weighted by atomic mass is 16.3. The lowest BCUT2D eigenvalue weighted by Gasteiger charge is -2.35. The molecule has 0 aromatic heterocycles. The van der Waals surface area contributed by atoms with Gasteiger partial charge in [-0.05, 0) is 37.8 Å². The number of hydrogen-bond donors (Lipinski definition) is 1. The summed E-state index contributed by atoms with van der Waals surface area (Å²) in [6.45, 7) is 3.30. The molecule has 1 fully saturated rings. The monoisotopic (exact) mass is 275 g/mol. The molecule has 0 spiro atoms. The van der Waals surface area contributed by atoms with Crippen LogP contribution in [0.2, 0.25) is 0 Å². The Morgan fingerprint density at radius 3 is 2.40 bits per heavy atom. The summed E-state index contributed by atoms with van der Waals surface area (Å²) in [6, 6.07) is 10.3. The molecule has 1 aromatic carbocycles. The lowest BCUT2D eigenvalue weighted by Crippen LogP contribution is -2.39. The van der Waals surface area contributed by atoms with Gasteiger partial charge >= 0.3 is 0 Å². The van der Waals surface area contributed by atoms with Gasteiger partial charge in [0.15, 0.2) is 0 Å². The Kier molecular flexibility index (Phi) is 6.06. The minimum absolute atomic E-state index is 0.222. The first-order valence-corrected chi connectivity index (χ1v) is 8.15. The smallest absolute Gasteiger partial charge is 0.0944 e. The van der Waals surface area contributed by atoms with E-state index in [-0.39, 0.29) is 12.1 Å². The van der Waals surface area contributed by atoms with Gasteiger partial charge in [0.05, 0.1) is 6.10 Å². The van der Waals surface area contributed by atoms with E-state index in [1.807, 2.05) is 30.3 Å². The molecule has 112 valence electrons. The first-order chi connectivity index (χ1) is 9.72. The Bertz CT molecular complexity index is 372. The van der Waals surface area contributed by atoms with Crippen LogP contribution in [0.25, 0.3) is 0 Å². The largest absolute Gasteiger partial charge is 0.387 e. The molecular formula is C18H29NO. The van der Waals surface area contributed by atoms with Crippen molar-refractivity contribution in [2.45, 2.75) is 57.6 Å². The van der Waals surface area contributed by atoms with Gasteiger partial charge in [0, 0.05) is 12.6 Å². The molecule has 20 heavy (non-hydrogen) atoms. The van der Waals surface area contributed by atoms with Gasteiger partial charge in [0.1, 0.15) is 0 Å². The average Bonchev–Trinajstić information content (AvgIpc) is 2.49. The van der Waals surface area contributed by atoms with E-state index in [9.17, 15) is 5.11 Å². The third kappa shape index (κ3) is 4.07. The van der Waals surface area contributed by atoms with E-state index in [0.29, 0.717) is 0 Å². The summed E-state index contributed by atoms with van der Waals surface area (Å²) in [6.07, 6.45) is 7.51. The minimum atomic E-state index is -0.380. The highest BCUT2D eigenvalue weighted by Gasteiger charge is 2.25.